The minimum atomic E-state index is 0.356. The van der Waals surface area contributed by atoms with Gasteiger partial charge >= 0.3 is 0 Å². The summed E-state index contributed by atoms with van der Waals surface area (Å²) < 4.78 is 0. The minimum absolute atomic E-state index is 0.356. The molecular formula is C10H17NO. The van der Waals surface area contributed by atoms with E-state index < -0.39 is 0 Å². The summed E-state index contributed by atoms with van der Waals surface area (Å²) in [5.74, 6) is 0.862. The van der Waals surface area contributed by atoms with E-state index in [1.807, 2.05) is 0 Å². The van der Waals surface area contributed by atoms with E-state index in [0.29, 0.717) is 23.8 Å². The number of hydrogen-bond acceptors (Lipinski definition) is 2. The molecule has 1 N–H and O–H groups in total. The SMILES string of the molecule is C[C@H]1CC[C@H]2C(=O)CCC[C@H]2N1. The molecule has 1 saturated heterocycles. The highest BCUT2D eigenvalue weighted by Gasteiger charge is 2.35. The molecule has 2 nitrogen and oxygen atoms in total. The zero-order valence-electron chi connectivity index (χ0n) is 7.68. The normalized spacial score (nSPS) is 42.4. The summed E-state index contributed by atoms with van der Waals surface area (Å²) in [4.78, 5) is 11.5. The molecular weight excluding hydrogens is 150 g/mol. The van der Waals surface area contributed by atoms with Gasteiger partial charge in [-0.25, -0.2) is 0 Å². The fraction of sp³-hybridized carbons (Fsp3) is 0.900. The third kappa shape index (κ3) is 1.40. The van der Waals surface area contributed by atoms with Crippen molar-refractivity contribution in [2.75, 3.05) is 0 Å². The minimum Gasteiger partial charge on any atom is -0.311 e. The third-order valence-electron chi connectivity index (χ3n) is 3.25. The first-order chi connectivity index (χ1) is 5.77. The van der Waals surface area contributed by atoms with Crippen molar-refractivity contribution in [3.63, 3.8) is 0 Å². The topological polar surface area (TPSA) is 29.1 Å². The van der Waals surface area contributed by atoms with Gasteiger partial charge in [0.15, 0.2) is 0 Å². The first kappa shape index (κ1) is 8.24. The predicted molar refractivity (Wildman–Crippen MR) is 48.0 cm³/mol. The Morgan fingerprint density at radius 2 is 2.17 bits per heavy atom. The second-order valence-electron chi connectivity index (χ2n) is 4.22. The van der Waals surface area contributed by atoms with Crippen LogP contribution in [-0.4, -0.2) is 17.9 Å². The van der Waals surface area contributed by atoms with Crippen LogP contribution >= 0.6 is 0 Å². The first-order valence-corrected chi connectivity index (χ1v) is 5.06. The van der Waals surface area contributed by atoms with E-state index >= 15 is 0 Å². The number of carbonyl (C=O) groups excluding carboxylic acids is 1. The summed E-state index contributed by atoms with van der Waals surface area (Å²) >= 11 is 0. The van der Waals surface area contributed by atoms with Crippen molar-refractivity contribution in [1.29, 1.82) is 0 Å². The Morgan fingerprint density at radius 1 is 1.33 bits per heavy atom. The molecule has 3 atom stereocenters. The molecule has 0 aromatic heterocycles. The van der Waals surface area contributed by atoms with Crippen molar-refractivity contribution in [3.8, 4) is 0 Å². The van der Waals surface area contributed by atoms with E-state index in [-0.39, 0.29) is 0 Å². The van der Waals surface area contributed by atoms with Gasteiger partial charge in [-0.1, -0.05) is 0 Å². The Morgan fingerprint density at radius 3 is 3.00 bits per heavy atom. The maximum Gasteiger partial charge on any atom is 0.137 e. The highest BCUT2D eigenvalue weighted by Crippen LogP contribution is 2.29. The highest BCUT2D eigenvalue weighted by atomic mass is 16.1. The van der Waals surface area contributed by atoms with Crippen LogP contribution in [0.5, 0.6) is 0 Å². The number of nitrogens with one attached hydrogen (secondary N) is 1. The lowest BCUT2D eigenvalue weighted by Gasteiger charge is -2.38. The van der Waals surface area contributed by atoms with Gasteiger partial charge in [-0.15, -0.1) is 0 Å². The predicted octanol–water partition coefficient (Wildman–Crippen LogP) is 1.50. The van der Waals surface area contributed by atoms with Crippen LogP contribution in [0.15, 0.2) is 0 Å². The van der Waals surface area contributed by atoms with Crippen LogP contribution in [0.1, 0.15) is 39.0 Å². The van der Waals surface area contributed by atoms with E-state index in [2.05, 4.69) is 12.2 Å². The van der Waals surface area contributed by atoms with Gasteiger partial charge in [0.1, 0.15) is 5.78 Å². The number of ketones is 1. The maximum absolute atomic E-state index is 11.5. The molecule has 0 unspecified atom stereocenters. The van der Waals surface area contributed by atoms with Gasteiger partial charge in [0.25, 0.3) is 0 Å². The summed E-state index contributed by atoms with van der Waals surface area (Å²) in [6, 6.07) is 1.13. The van der Waals surface area contributed by atoms with Crippen LogP contribution in [0.25, 0.3) is 0 Å². The van der Waals surface area contributed by atoms with Crippen LogP contribution in [0.3, 0.4) is 0 Å². The number of hydrogen-bond donors (Lipinski definition) is 1. The molecule has 0 bridgehead atoms. The van der Waals surface area contributed by atoms with Crippen molar-refractivity contribution in [2.24, 2.45) is 5.92 Å². The molecule has 1 saturated carbocycles. The standard InChI is InChI=1S/C10H17NO/c1-7-5-6-8-9(11-7)3-2-4-10(8)12/h7-9,11H,2-6H2,1H3/t7-,8+,9+/m0/s1. The van der Waals surface area contributed by atoms with E-state index in [4.69, 9.17) is 0 Å². The maximum atomic E-state index is 11.5. The molecule has 0 aromatic carbocycles. The zero-order valence-corrected chi connectivity index (χ0v) is 7.68. The fourth-order valence-electron chi connectivity index (χ4n) is 2.55. The van der Waals surface area contributed by atoms with Crippen LogP contribution in [0, 0.1) is 5.92 Å². The zero-order chi connectivity index (χ0) is 8.55. The second kappa shape index (κ2) is 3.17. The molecule has 0 spiro atoms. The average Bonchev–Trinajstić information content (AvgIpc) is 2.04. The second-order valence-corrected chi connectivity index (χ2v) is 4.22. The van der Waals surface area contributed by atoms with E-state index in [1.54, 1.807) is 0 Å². The lowest BCUT2D eigenvalue weighted by Crippen LogP contribution is -2.50. The Hall–Kier alpha value is -0.370. The van der Waals surface area contributed by atoms with Crippen LogP contribution < -0.4 is 5.32 Å². The quantitative estimate of drug-likeness (QED) is 0.592. The summed E-state index contributed by atoms with van der Waals surface area (Å²) in [6.45, 7) is 2.22. The summed E-state index contributed by atoms with van der Waals surface area (Å²) in [7, 11) is 0. The van der Waals surface area contributed by atoms with Gasteiger partial charge in [0, 0.05) is 24.4 Å². The van der Waals surface area contributed by atoms with Gasteiger partial charge in [0.05, 0.1) is 0 Å². The Bertz CT molecular complexity index is 190. The third-order valence-corrected chi connectivity index (χ3v) is 3.25. The molecule has 0 aromatic rings. The smallest absolute Gasteiger partial charge is 0.137 e. The van der Waals surface area contributed by atoms with Crippen molar-refractivity contribution >= 4 is 5.78 Å². The Kier molecular flexibility index (Phi) is 2.18. The van der Waals surface area contributed by atoms with E-state index in [9.17, 15) is 4.79 Å². The molecule has 1 aliphatic carbocycles. The average molecular weight is 167 g/mol. The number of Topliss-reactive ketones (excluding diaryl/α,β-unsaturated/α-hetero) is 1. The molecule has 1 aliphatic heterocycles. The summed E-state index contributed by atoms with van der Waals surface area (Å²) in [6.07, 6.45) is 5.43. The molecule has 2 fully saturated rings. The monoisotopic (exact) mass is 167 g/mol. The van der Waals surface area contributed by atoms with Crippen LogP contribution in [0.4, 0.5) is 0 Å². The highest BCUT2D eigenvalue weighted by molar-refractivity contribution is 5.82. The molecule has 12 heavy (non-hydrogen) atoms. The first-order valence-electron chi connectivity index (χ1n) is 5.06. The molecule has 68 valence electrons. The van der Waals surface area contributed by atoms with Crippen molar-refractivity contribution in [3.05, 3.63) is 0 Å². The number of rotatable bonds is 0. The Balaban J connectivity index is 2.04. The molecule has 2 heteroatoms. The largest absolute Gasteiger partial charge is 0.311 e. The molecule has 0 amide bonds. The van der Waals surface area contributed by atoms with Gasteiger partial charge in [-0.2, -0.15) is 0 Å². The summed E-state index contributed by atoms with van der Waals surface area (Å²) in [5.41, 5.74) is 0. The molecule has 2 aliphatic rings. The van der Waals surface area contributed by atoms with Gasteiger partial charge in [0.2, 0.25) is 0 Å². The lowest BCUT2D eigenvalue weighted by molar-refractivity contribution is -0.126. The van der Waals surface area contributed by atoms with Crippen molar-refractivity contribution in [2.45, 2.75) is 51.1 Å². The van der Waals surface area contributed by atoms with Crippen LogP contribution in [0.2, 0.25) is 0 Å². The Labute approximate surface area is 73.7 Å². The van der Waals surface area contributed by atoms with Gasteiger partial charge < -0.3 is 5.32 Å². The van der Waals surface area contributed by atoms with Crippen LogP contribution in [-0.2, 0) is 4.79 Å². The summed E-state index contributed by atoms with van der Waals surface area (Å²) in [5, 5.41) is 3.53. The van der Waals surface area contributed by atoms with Gasteiger partial charge in [-0.3, -0.25) is 4.79 Å². The molecule has 0 radical (unpaired) electrons. The van der Waals surface area contributed by atoms with Gasteiger partial charge in [-0.05, 0) is 32.6 Å². The number of carbonyl (C=O) groups is 1. The van der Waals surface area contributed by atoms with Crippen molar-refractivity contribution < 1.29 is 4.79 Å². The van der Waals surface area contributed by atoms with Crippen molar-refractivity contribution in [1.82, 2.24) is 5.32 Å². The number of fused-ring (bicyclic) bond motifs is 1. The molecule has 2 rings (SSSR count). The molecule has 1 heterocycles. The fourth-order valence-corrected chi connectivity index (χ4v) is 2.55. The lowest BCUT2D eigenvalue weighted by atomic mass is 9.77. The van der Waals surface area contributed by atoms with E-state index in [1.165, 1.54) is 12.8 Å². The van der Waals surface area contributed by atoms with E-state index in [0.717, 1.165) is 19.3 Å². The number of piperidine rings is 1.